The van der Waals surface area contributed by atoms with Crippen molar-refractivity contribution in [2.24, 2.45) is 7.05 Å². The summed E-state index contributed by atoms with van der Waals surface area (Å²) in [5.41, 5.74) is 3.18. The number of hydrogen-bond acceptors (Lipinski definition) is 3. The summed E-state index contributed by atoms with van der Waals surface area (Å²) in [6.07, 6.45) is 0. The van der Waals surface area contributed by atoms with Crippen LogP contribution in [0.15, 0.2) is 60.7 Å². The van der Waals surface area contributed by atoms with E-state index in [4.69, 9.17) is 5.11 Å². The Bertz CT molecular complexity index is 899. The van der Waals surface area contributed by atoms with Crippen molar-refractivity contribution in [3.63, 3.8) is 0 Å². The van der Waals surface area contributed by atoms with Gasteiger partial charge in [-0.3, -0.25) is 9.48 Å². The molecule has 6 heteroatoms. The Kier molecular flexibility index (Phi) is 4.61. The summed E-state index contributed by atoms with van der Waals surface area (Å²) in [5.74, 6) is -1.21. The van der Waals surface area contributed by atoms with Gasteiger partial charge in [0.1, 0.15) is 5.69 Å². The number of nitrogens with one attached hydrogen (secondary N) is 1. The van der Waals surface area contributed by atoms with Crippen molar-refractivity contribution < 1.29 is 14.7 Å². The Balaban J connectivity index is 1.69. The van der Waals surface area contributed by atoms with Crippen molar-refractivity contribution in [2.75, 3.05) is 0 Å². The van der Waals surface area contributed by atoms with E-state index in [2.05, 4.69) is 10.4 Å². The highest BCUT2D eigenvalue weighted by molar-refractivity contribution is 5.93. The smallest absolute Gasteiger partial charge is 0.335 e. The van der Waals surface area contributed by atoms with Gasteiger partial charge in [-0.2, -0.15) is 5.10 Å². The van der Waals surface area contributed by atoms with E-state index < -0.39 is 5.97 Å². The first kappa shape index (κ1) is 16.4. The third kappa shape index (κ3) is 3.74. The SMILES string of the molecule is Cn1nc(-c2ccccc2)cc1C(=O)NCc1ccc(C(=O)O)cc1. The Morgan fingerprint density at radius 3 is 2.40 bits per heavy atom. The first-order valence-electron chi connectivity index (χ1n) is 7.74. The monoisotopic (exact) mass is 335 g/mol. The van der Waals surface area contributed by atoms with E-state index in [9.17, 15) is 9.59 Å². The third-order valence-electron chi connectivity index (χ3n) is 3.84. The number of aromatic carboxylic acids is 1. The van der Waals surface area contributed by atoms with Gasteiger partial charge in [-0.25, -0.2) is 4.79 Å². The van der Waals surface area contributed by atoms with Gasteiger partial charge < -0.3 is 10.4 Å². The zero-order chi connectivity index (χ0) is 17.8. The van der Waals surface area contributed by atoms with Crippen LogP contribution in [0.25, 0.3) is 11.3 Å². The molecule has 0 aliphatic heterocycles. The summed E-state index contributed by atoms with van der Waals surface area (Å²) in [6.45, 7) is 0.310. The Morgan fingerprint density at radius 1 is 1.08 bits per heavy atom. The first-order valence-corrected chi connectivity index (χ1v) is 7.74. The second-order valence-electron chi connectivity index (χ2n) is 5.59. The Hall–Kier alpha value is -3.41. The lowest BCUT2D eigenvalue weighted by atomic mass is 10.1. The minimum atomic E-state index is -0.973. The van der Waals surface area contributed by atoms with E-state index in [1.54, 1.807) is 29.9 Å². The number of rotatable bonds is 5. The highest BCUT2D eigenvalue weighted by atomic mass is 16.4. The van der Waals surface area contributed by atoms with Crippen molar-refractivity contribution in [3.8, 4) is 11.3 Å². The molecule has 1 amide bonds. The number of carbonyl (C=O) groups is 2. The number of aromatic nitrogens is 2. The normalized spacial score (nSPS) is 10.4. The molecule has 25 heavy (non-hydrogen) atoms. The maximum Gasteiger partial charge on any atom is 0.335 e. The summed E-state index contributed by atoms with van der Waals surface area (Å²) < 4.78 is 1.55. The fourth-order valence-corrected chi connectivity index (χ4v) is 2.47. The lowest BCUT2D eigenvalue weighted by molar-refractivity contribution is 0.0696. The molecule has 2 aromatic carbocycles. The van der Waals surface area contributed by atoms with Crippen LogP contribution in [0.3, 0.4) is 0 Å². The van der Waals surface area contributed by atoms with Gasteiger partial charge in [0.05, 0.1) is 11.3 Å². The van der Waals surface area contributed by atoms with Crippen LogP contribution in [0.2, 0.25) is 0 Å². The van der Waals surface area contributed by atoms with Crippen LogP contribution >= 0.6 is 0 Å². The fraction of sp³-hybridized carbons (Fsp3) is 0.105. The maximum absolute atomic E-state index is 12.4. The van der Waals surface area contributed by atoms with Gasteiger partial charge in [-0.05, 0) is 23.8 Å². The van der Waals surface area contributed by atoms with Gasteiger partial charge in [-0.1, -0.05) is 42.5 Å². The first-order chi connectivity index (χ1) is 12.0. The number of carboxylic acid groups (broad SMARTS) is 1. The molecule has 3 rings (SSSR count). The molecule has 0 aliphatic carbocycles. The largest absolute Gasteiger partial charge is 0.478 e. The van der Waals surface area contributed by atoms with Crippen LogP contribution in [0.1, 0.15) is 26.4 Å². The molecule has 1 heterocycles. The van der Waals surface area contributed by atoms with Crippen molar-refractivity contribution in [2.45, 2.75) is 6.54 Å². The van der Waals surface area contributed by atoms with Gasteiger partial charge in [0, 0.05) is 19.2 Å². The molecule has 0 unspecified atom stereocenters. The number of carbonyl (C=O) groups excluding carboxylic acids is 1. The molecule has 0 atom stereocenters. The molecule has 0 fully saturated rings. The summed E-state index contributed by atoms with van der Waals surface area (Å²) in [5, 5.41) is 16.1. The zero-order valence-electron chi connectivity index (χ0n) is 13.6. The third-order valence-corrected chi connectivity index (χ3v) is 3.84. The van der Waals surface area contributed by atoms with E-state index in [0.29, 0.717) is 12.2 Å². The number of carboxylic acids is 1. The highest BCUT2D eigenvalue weighted by Crippen LogP contribution is 2.18. The molecule has 0 radical (unpaired) electrons. The van der Waals surface area contributed by atoms with Gasteiger partial charge in [-0.15, -0.1) is 0 Å². The Labute approximate surface area is 144 Å². The molecule has 0 saturated heterocycles. The second-order valence-corrected chi connectivity index (χ2v) is 5.59. The van der Waals surface area contributed by atoms with Crippen LogP contribution < -0.4 is 5.32 Å². The molecule has 6 nitrogen and oxygen atoms in total. The minimum absolute atomic E-state index is 0.217. The fourth-order valence-electron chi connectivity index (χ4n) is 2.47. The average Bonchev–Trinajstić information content (AvgIpc) is 3.02. The van der Waals surface area contributed by atoms with E-state index in [-0.39, 0.29) is 11.5 Å². The highest BCUT2D eigenvalue weighted by Gasteiger charge is 2.14. The van der Waals surface area contributed by atoms with Gasteiger partial charge in [0.25, 0.3) is 5.91 Å². The number of aryl methyl sites for hydroxylation is 1. The molecule has 0 saturated carbocycles. The average molecular weight is 335 g/mol. The molecule has 2 N–H and O–H groups in total. The predicted octanol–water partition coefficient (Wildman–Crippen LogP) is 2.72. The molecular formula is C19H17N3O3. The van der Waals surface area contributed by atoms with E-state index in [1.807, 2.05) is 30.3 Å². The topological polar surface area (TPSA) is 84.2 Å². The quantitative estimate of drug-likeness (QED) is 0.751. The molecule has 126 valence electrons. The van der Waals surface area contributed by atoms with Crippen LogP contribution in [0, 0.1) is 0 Å². The number of benzene rings is 2. The molecule has 3 aromatic rings. The number of amides is 1. The van der Waals surface area contributed by atoms with Crippen molar-refractivity contribution in [1.82, 2.24) is 15.1 Å². The Morgan fingerprint density at radius 2 is 1.76 bits per heavy atom. The van der Waals surface area contributed by atoms with E-state index in [0.717, 1.165) is 16.8 Å². The van der Waals surface area contributed by atoms with Crippen molar-refractivity contribution in [1.29, 1.82) is 0 Å². The molecular weight excluding hydrogens is 318 g/mol. The van der Waals surface area contributed by atoms with Gasteiger partial charge in [0.2, 0.25) is 0 Å². The molecule has 0 aliphatic rings. The van der Waals surface area contributed by atoms with Gasteiger partial charge in [0.15, 0.2) is 0 Å². The van der Waals surface area contributed by atoms with E-state index in [1.165, 1.54) is 12.1 Å². The standard InChI is InChI=1S/C19H17N3O3/c1-22-17(11-16(21-22)14-5-3-2-4-6-14)18(23)20-12-13-7-9-15(10-8-13)19(24)25/h2-11H,12H2,1H3,(H,20,23)(H,24,25). The number of nitrogens with zero attached hydrogens (tertiary/aromatic N) is 2. The van der Waals surface area contributed by atoms with E-state index >= 15 is 0 Å². The summed E-state index contributed by atoms with van der Waals surface area (Å²) in [6, 6.07) is 17.8. The summed E-state index contributed by atoms with van der Waals surface area (Å²) in [4.78, 5) is 23.2. The number of hydrogen-bond donors (Lipinski definition) is 2. The molecule has 1 aromatic heterocycles. The van der Waals surface area contributed by atoms with Crippen LogP contribution in [0.5, 0.6) is 0 Å². The zero-order valence-corrected chi connectivity index (χ0v) is 13.6. The van der Waals surface area contributed by atoms with Crippen molar-refractivity contribution >= 4 is 11.9 Å². The second kappa shape index (κ2) is 7.00. The van der Waals surface area contributed by atoms with Crippen LogP contribution in [-0.4, -0.2) is 26.8 Å². The minimum Gasteiger partial charge on any atom is -0.478 e. The maximum atomic E-state index is 12.4. The lowest BCUT2D eigenvalue weighted by Gasteiger charge is -2.05. The van der Waals surface area contributed by atoms with Crippen molar-refractivity contribution in [3.05, 3.63) is 77.5 Å². The molecule has 0 spiro atoms. The van der Waals surface area contributed by atoms with Gasteiger partial charge >= 0.3 is 5.97 Å². The van der Waals surface area contributed by atoms with Crippen LogP contribution in [-0.2, 0) is 13.6 Å². The summed E-state index contributed by atoms with van der Waals surface area (Å²) in [7, 11) is 1.73. The summed E-state index contributed by atoms with van der Waals surface area (Å²) >= 11 is 0. The molecule has 0 bridgehead atoms. The lowest BCUT2D eigenvalue weighted by Crippen LogP contribution is -2.25. The van der Waals surface area contributed by atoms with Crippen LogP contribution in [0.4, 0.5) is 0 Å². The predicted molar refractivity (Wildman–Crippen MR) is 93.2 cm³/mol.